The SMILES string of the molecule is Cc1ncsc1CCN(C)Cc1ccc2[nH]c(CN3CCCC3)cc2c1. The summed E-state index contributed by atoms with van der Waals surface area (Å²) in [7, 11) is 2.20. The second-order valence-corrected chi connectivity index (χ2v) is 8.49. The normalized spacial score (nSPS) is 15.5. The predicted molar refractivity (Wildman–Crippen MR) is 110 cm³/mol. The van der Waals surface area contributed by atoms with Crippen LogP contribution in [0.5, 0.6) is 0 Å². The molecule has 3 aromatic rings. The molecule has 1 N–H and O–H groups in total. The minimum atomic E-state index is 0.987. The molecule has 0 saturated carbocycles. The Bertz CT molecular complexity index is 860. The number of nitrogens with zero attached hydrogens (tertiary/aromatic N) is 3. The highest BCUT2D eigenvalue weighted by Gasteiger charge is 2.13. The highest BCUT2D eigenvalue weighted by Crippen LogP contribution is 2.21. The molecule has 5 heteroatoms. The third-order valence-corrected chi connectivity index (χ3v) is 6.35. The minimum absolute atomic E-state index is 0.987. The minimum Gasteiger partial charge on any atom is -0.357 e. The molecule has 26 heavy (non-hydrogen) atoms. The van der Waals surface area contributed by atoms with Gasteiger partial charge in [-0.05, 0) is 70.1 Å². The quantitative estimate of drug-likeness (QED) is 0.679. The molecule has 4 rings (SSSR count). The van der Waals surface area contributed by atoms with Crippen molar-refractivity contribution < 1.29 is 0 Å². The maximum Gasteiger partial charge on any atom is 0.0797 e. The van der Waals surface area contributed by atoms with E-state index in [4.69, 9.17) is 0 Å². The van der Waals surface area contributed by atoms with E-state index in [1.165, 1.54) is 58.7 Å². The number of aromatic nitrogens is 2. The smallest absolute Gasteiger partial charge is 0.0797 e. The van der Waals surface area contributed by atoms with Crippen LogP contribution < -0.4 is 0 Å². The molecule has 1 fully saturated rings. The Hall–Kier alpha value is -1.69. The lowest BCUT2D eigenvalue weighted by Gasteiger charge is -2.16. The molecule has 0 aliphatic carbocycles. The topological polar surface area (TPSA) is 35.2 Å². The standard InChI is InChI=1S/C21H28N4S/c1-16-21(26-15-22-16)7-10-24(2)13-17-5-6-20-18(11-17)12-19(23-20)14-25-8-3-4-9-25/h5-6,11-12,15,23H,3-4,7-10,13-14H2,1-2H3. The van der Waals surface area contributed by atoms with Crippen molar-refractivity contribution in [3.05, 3.63) is 51.6 Å². The van der Waals surface area contributed by atoms with E-state index in [1.54, 1.807) is 11.3 Å². The number of hydrogen-bond donors (Lipinski definition) is 1. The summed E-state index contributed by atoms with van der Waals surface area (Å²) in [5, 5.41) is 1.34. The molecule has 0 bridgehead atoms. The Balaban J connectivity index is 1.37. The van der Waals surface area contributed by atoms with Crippen LogP contribution in [-0.2, 0) is 19.5 Å². The second kappa shape index (κ2) is 7.91. The lowest BCUT2D eigenvalue weighted by atomic mass is 10.1. The summed E-state index contributed by atoms with van der Waals surface area (Å²) in [6.45, 7) is 7.69. The van der Waals surface area contributed by atoms with Crippen molar-refractivity contribution >= 4 is 22.2 Å². The first-order chi connectivity index (χ1) is 12.7. The van der Waals surface area contributed by atoms with Gasteiger partial charge in [0.1, 0.15) is 0 Å². The number of benzene rings is 1. The molecular formula is C21H28N4S. The van der Waals surface area contributed by atoms with Crippen LogP contribution in [0.1, 0.15) is 34.7 Å². The van der Waals surface area contributed by atoms with Gasteiger partial charge in [0, 0.05) is 41.1 Å². The van der Waals surface area contributed by atoms with E-state index >= 15 is 0 Å². The first-order valence-electron chi connectivity index (χ1n) is 9.58. The fourth-order valence-electron chi connectivity index (χ4n) is 3.86. The number of aryl methyl sites for hydroxylation is 1. The third kappa shape index (κ3) is 4.17. The zero-order valence-electron chi connectivity index (χ0n) is 15.8. The molecule has 0 unspecified atom stereocenters. The van der Waals surface area contributed by atoms with Crippen LogP contribution in [-0.4, -0.2) is 46.4 Å². The van der Waals surface area contributed by atoms with Gasteiger partial charge in [0.25, 0.3) is 0 Å². The molecule has 0 atom stereocenters. The van der Waals surface area contributed by atoms with E-state index < -0.39 is 0 Å². The Morgan fingerprint density at radius 1 is 1.23 bits per heavy atom. The summed E-state index contributed by atoms with van der Waals surface area (Å²) in [5.41, 5.74) is 7.11. The molecule has 1 aromatic carbocycles. The van der Waals surface area contributed by atoms with Crippen LogP contribution in [0.2, 0.25) is 0 Å². The summed E-state index contributed by atoms with van der Waals surface area (Å²) in [4.78, 5) is 14.3. The van der Waals surface area contributed by atoms with Gasteiger partial charge in [-0.25, -0.2) is 4.98 Å². The number of likely N-dealkylation sites (tertiary alicyclic amines) is 1. The highest BCUT2D eigenvalue weighted by molar-refractivity contribution is 7.09. The molecule has 0 radical (unpaired) electrons. The Morgan fingerprint density at radius 3 is 2.85 bits per heavy atom. The number of thiazole rings is 1. The Labute approximate surface area is 159 Å². The largest absolute Gasteiger partial charge is 0.357 e. The monoisotopic (exact) mass is 368 g/mol. The summed E-state index contributed by atoms with van der Waals surface area (Å²) in [6, 6.07) is 9.16. The van der Waals surface area contributed by atoms with Gasteiger partial charge in [-0.15, -0.1) is 11.3 Å². The summed E-state index contributed by atoms with van der Waals surface area (Å²) >= 11 is 1.77. The van der Waals surface area contributed by atoms with Gasteiger partial charge >= 0.3 is 0 Å². The first kappa shape index (κ1) is 17.7. The second-order valence-electron chi connectivity index (χ2n) is 7.55. The van der Waals surface area contributed by atoms with Crippen LogP contribution in [0.4, 0.5) is 0 Å². The van der Waals surface area contributed by atoms with Gasteiger partial charge in [-0.3, -0.25) is 4.90 Å². The summed E-state index contributed by atoms with van der Waals surface area (Å²) in [6.07, 6.45) is 3.77. The number of rotatable bonds is 7. The molecule has 0 spiro atoms. The fraction of sp³-hybridized carbons (Fsp3) is 0.476. The summed E-state index contributed by atoms with van der Waals surface area (Å²) < 4.78 is 0. The predicted octanol–water partition coefficient (Wildman–Crippen LogP) is 4.20. The number of aromatic amines is 1. The maximum atomic E-state index is 4.34. The molecule has 3 heterocycles. The lowest BCUT2D eigenvalue weighted by Crippen LogP contribution is -2.20. The van der Waals surface area contributed by atoms with Gasteiger partial charge in [-0.2, -0.15) is 0 Å². The van der Waals surface area contributed by atoms with E-state index in [0.29, 0.717) is 0 Å². The van der Waals surface area contributed by atoms with E-state index in [2.05, 4.69) is 58.0 Å². The molecule has 4 nitrogen and oxygen atoms in total. The van der Waals surface area contributed by atoms with Crippen LogP contribution in [0.15, 0.2) is 29.8 Å². The van der Waals surface area contributed by atoms with E-state index in [9.17, 15) is 0 Å². The average Bonchev–Trinajstić information content (AvgIpc) is 3.34. The molecule has 1 aliphatic heterocycles. The van der Waals surface area contributed by atoms with E-state index in [-0.39, 0.29) is 0 Å². The van der Waals surface area contributed by atoms with E-state index in [0.717, 1.165) is 26.1 Å². The lowest BCUT2D eigenvalue weighted by molar-refractivity contribution is 0.328. The maximum absolute atomic E-state index is 4.34. The number of fused-ring (bicyclic) bond motifs is 1. The molecular weight excluding hydrogens is 340 g/mol. The zero-order chi connectivity index (χ0) is 17.9. The van der Waals surface area contributed by atoms with Crippen molar-refractivity contribution in [1.82, 2.24) is 19.8 Å². The van der Waals surface area contributed by atoms with E-state index in [1.807, 2.05) is 5.51 Å². The number of hydrogen-bond acceptors (Lipinski definition) is 4. The van der Waals surface area contributed by atoms with Crippen molar-refractivity contribution in [2.75, 3.05) is 26.7 Å². The van der Waals surface area contributed by atoms with Crippen molar-refractivity contribution in [3.8, 4) is 0 Å². The van der Waals surface area contributed by atoms with Crippen LogP contribution in [0.3, 0.4) is 0 Å². The van der Waals surface area contributed by atoms with Gasteiger partial charge < -0.3 is 9.88 Å². The zero-order valence-corrected chi connectivity index (χ0v) is 16.6. The molecule has 1 aliphatic rings. The van der Waals surface area contributed by atoms with Gasteiger partial charge in [0.15, 0.2) is 0 Å². The molecule has 0 amide bonds. The molecule has 1 saturated heterocycles. The Kier molecular flexibility index (Phi) is 5.38. The molecule has 138 valence electrons. The first-order valence-corrected chi connectivity index (χ1v) is 10.5. The average molecular weight is 369 g/mol. The van der Waals surface area contributed by atoms with Crippen molar-refractivity contribution in [3.63, 3.8) is 0 Å². The number of nitrogens with one attached hydrogen (secondary N) is 1. The van der Waals surface area contributed by atoms with Crippen molar-refractivity contribution in [2.45, 2.75) is 39.3 Å². The fourth-order valence-corrected chi connectivity index (χ4v) is 4.63. The van der Waals surface area contributed by atoms with Crippen molar-refractivity contribution in [2.24, 2.45) is 0 Å². The van der Waals surface area contributed by atoms with Crippen LogP contribution >= 0.6 is 11.3 Å². The van der Waals surface area contributed by atoms with Crippen LogP contribution in [0.25, 0.3) is 10.9 Å². The van der Waals surface area contributed by atoms with Crippen LogP contribution in [0, 0.1) is 6.92 Å². The van der Waals surface area contributed by atoms with Crippen molar-refractivity contribution in [1.29, 1.82) is 0 Å². The summed E-state index contributed by atoms with van der Waals surface area (Å²) in [5.74, 6) is 0. The van der Waals surface area contributed by atoms with Gasteiger partial charge in [0.05, 0.1) is 11.2 Å². The Morgan fingerprint density at radius 2 is 2.08 bits per heavy atom. The number of H-pyrrole nitrogens is 1. The number of likely N-dealkylation sites (N-methyl/N-ethyl adjacent to an activating group) is 1. The molecule has 2 aromatic heterocycles. The van der Waals surface area contributed by atoms with Gasteiger partial charge in [0.2, 0.25) is 0 Å². The van der Waals surface area contributed by atoms with Gasteiger partial charge in [-0.1, -0.05) is 6.07 Å². The highest BCUT2D eigenvalue weighted by atomic mass is 32.1. The third-order valence-electron chi connectivity index (χ3n) is 5.35.